The van der Waals surface area contributed by atoms with Gasteiger partial charge in [0.05, 0.1) is 11.6 Å². The van der Waals surface area contributed by atoms with E-state index in [1.807, 2.05) is 0 Å². The number of nitrogens with one attached hydrogen (secondary N) is 2. The van der Waals surface area contributed by atoms with E-state index in [1.54, 1.807) is 17.0 Å². The van der Waals surface area contributed by atoms with E-state index in [0.717, 1.165) is 0 Å². The van der Waals surface area contributed by atoms with Crippen LogP contribution in [0.5, 0.6) is 0 Å². The molecule has 0 bridgehead atoms. The number of amides is 3. The van der Waals surface area contributed by atoms with Gasteiger partial charge in [-0.1, -0.05) is 23.7 Å². The van der Waals surface area contributed by atoms with Crippen molar-refractivity contribution in [3.63, 3.8) is 0 Å². The number of hydrogen-bond donors (Lipinski definition) is 2. The van der Waals surface area contributed by atoms with Crippen molar-refractivity contribution in [2.45, 2.75) is 4.90 Å². The molecule has 0 atom stereocenters. The Morgan fingerprint density at radius 1 is 1.17 bits per heavy atom. The number of hydrogen-bond acceptors (Lipinski definition) is 5. The SMILES string of the molecule is CNC(=O)NC(=O)CN1CCN(S(=O)(=O)c2ccccc2Cl)CC1. The molecule has 0 unspecified atom stereocenters. The predicted octanol–water partition coefficient (Wildman–Crippen LogP) is 0.102. The van der Waals surface area contributed by atoms with E-state index in [0.29, 0.717) is 13.1 Å². The Bertz CT molecular complexity index is 717. The molecular formula is C14H19ClN4O4S. The van der Waals surface area contributed by atoms with Crippen LogP contribution in [0.3, 0.4) is 0 Å². The number of benzene rings is 1. The first-order valence-corrected chi connectivity index (χ1v) is 9.15. The molecule has 1 fully saturated rings. The molecular weight excluding hydrogens is 356 g/mol. The zero-order valence-corrected chi connectivity index (χ0v) is 14.7. The van der Waals surface area contributed by atoms with Crippen molar-refractivity contribution in [2.24, 2.45) is 0 Å². The quantitative estimate of drug-likeness (QED) is 0.779. The lowest BCUT2D eigenvalue weighted by Crippen LogP contribution is -2.52. The normalized spacial score (nSPS) is 16.6. The molecule has 1 heterocycles. The van der Waals surface area contributed by atoms with Crippen LogP contribution >= 0.6 is 11.6 Å². The van der Waals surface area contributed by atoms with Crippen LogP contribution in [0.25, 0.3) is 0 Å². The van der Waals surface area contributed by atoms with Gasteiger partial charge < -0.3 is 5.32 Å². The average Bonchev–Trinajstić information content (AvgIpc) is 2.55. The van der Waals surface area contributed by atoms with Crippen LogP contribution in [0.4, 0.5) is 4.79 Å². The third-order valence-electron chi connectivity index (χ3n) is 3.63. The number of sulfonamides is 1. The summed E-state index contributed by atoms with van der Waals surface area (Å²) in [4.78, 5) is 24.6. The number of imide groups is 1. The van der Waals surface area contributed by atoms with E-state index in [1.165, 1.54) is 23.5 Å². The molecule has 1 aromatic rings. The van der Waals surface area contributed by atoms with E-state index in [9.17, 15) is 18.0 Å². The first kappa shape index (κ1) is 18.7. The van der Waals surface area contributed by atoms with Crippen molar-refractivity contribution in [3.05, 3.63) is 29.3 Å². The van der Waals surface area contributed by atoms with Gasteiger partial charge in [0.1, 0.15) is 4.90 Å². The monoisotopic (exact) mass is 374 g/mol. The molecule has 0 aliphatic carbocycles. The summed E-state index contributed by atoms with van der Waals surface area (Å²) in [7, 11) is -2.24. The van der Waals surface area contributed by atoms with Crippen molar-refractivity contribution < 1.29 is 18.0 Å². The molecule has 0 saturated carbocycles. The van der Waals surface area contributed by atoms with Crippen LogP contribution in [-0.2, 0) is 14.8 Å². The summed E-state index contributed by atoms with van der Waals surface area (Å²) in [6.07, 6.45) is 0. The summed E-state index contributed by atoms with van der Waals surface area (Å²) >= 11 is 5.98. The highest BCUT2D eigenvalue weighted by molar-refractivity contribution is 7.89. The number of nitrogens with zero attached hydrogens (tertiary/aromatic N) is 2. The predicted molar refractivity (Wildman–Crippen MR) is 89.2 cm³/mol. The minimum absolute atomic E-state index is 0.0351. The first-order chi connectivity index (χ1) is 11.3. The summed E-state index contributed by atoms with van der Waals surface area (Å²) in [6, 6.07) is 5.73. The van der Waals surface area contributed by atoms with Crippen molar-refractivity contribution in [1.82, 2.24) is 19.8 Å². The minimum atomic E-state index is -3.66. The van der Waals surface area contributed by atoms with Crippen molar-refractivity contribution in [2.75, 3.05) is 39.8 Å². The third-order valence-corrected chi connectivity index (χ3v) is 6.03. The molecule has 8 nitrogen and oxygen atoms in total. The topological polar surface area (TPSA) is 98.8 Å². The van der Waals surface area contributed by atoms with Crippen molar-refractivity contribution in [1.29, 1.82) is 0 Å². The number of carbonyl (C=O) groups is 2. The second-order valence-electron chi connectivity index (χ2n) is 5.24. The fourth-order valence-corrected chi connectivity index (χ4v) is 4.27. The fraction of sp³-hybridized carbons (Fsp3) is 0.429. The molecule has 2 N–H and O–H groups in total. The molecule has 3 amide bonds. The molecule has 0 aromatic heterocycles. The van der Waals surface area contributed by atoms with E-state index < -0.39 is 22.0 Å². The number of piperazine rings is 1. The molecule has 132 valence electrons. The molecule has 1 saturated heterocycles. The van der Waals surface area contributed by atoms with Gasteiger partial charge in [-0.15, -0.1) is 0 Å². The summed E-state index contributed by atoms with van der Waals surface area (Å²) in [6.45, 7) is 1.32. The Kier molecular flexibility index (Phi) is 6.16. The highest BCUT2D eigenvalue weighted by Gasteiger charge is 2.30. The molecule has 2 rings (SSSR count). The Morgan fingerprint density at radius 2 is 1.79 bits per heavy atom. The van der Waals surface area contributed by atoms with Crippen LogP contribution in [0.15, 0.2) is 29.2 Å². The maximum Gasteiger partial charge on any atom is 0.321 e. The molecule has 24 heavy (non-hydrogen) atoms. The van der Waals surface area contributed by atoms with Gasteiger partial charge in [0.15, 0.2) is 0 Å². The second-order valence-corrected chi connectivity index (χ2v) is 7.55. The summed E-state index contributed by atoms with van der Waals surface area (Å²) in [5.41, 5.74) is 0. The van der Waals surface area contributed by atoms with Crippen LogP contribution in [-0.4, -0.2) is 69.3 Å². The fourth-order valence-electron chi connectivity index (χ4n) is 2.35. The first-order valence-electron chi connectivity index (χ1n) is 7.33. The maximum absolute atomic E-state index is 12.6. The van der Waals surface area contributed by atoms with Gasteiger partial charge >= 0.3 is 6.03 Å². The molecule has 10 heteroatoms. The van der Waals surface area contributed by atoms with Crippen molar-refractivity contribution in [3.8, 4) is 0 Å². The number of halogens is 1. The van der Waals surface area contributed by atoms with Crippen LogP contribution in [0, 0.1) is 0 Å². The van der Waals surface area contributed by atoms with E-state index in [2.05, 4.69) is 10.6 Å². The zero-order valence-electron chi connectivity index (χ0n) is 13.2. The largest absolute Gasteiger partial charge is 0.341 e. The molecule has 0 radical (unpaired) electrons. The molecule has 1 aliphatic rings. The summed E-state index contributed by atoms with van der Waals surface area (Å²) < 4.78 is 26.6. The zero-order chi connectivity index (χ0) is 17.7. The van der Waals surface area contributed by atoms with Crippen LogP contribution in [0.2, 0.25) is 5.02 Å². The number of rotatable bonds is 4. The summed E-state index contributed by atoms with van der Waals surface area (Å²) in [5.74, 6) is -0.434. The lowest BCUT2D eigenvalue weighted by molar-refractivity contribution is -0.121. The maximum atomic E-state index is 12.6. The second kappa shape index (κ2) is 7.93. The van der Waals surface area contributed by atoms with Gasteiger partial charge in [0.2, 0.25) is 15.9 Å². The van der Waals surface area contributed by atoms with Crippen LogP contribution < -0.4 is 10.6 Å². The van der Waals surface area contributed by atoms with E-state index in [-0.39, 0.29) is 29.6 Å². The van der Waals surface area contributed by atoms with E-state index in [4.69, 9.17) is 11.6 Å². The Morgan fingerprint density at radius 3 is 2.38 bits per heavy atom. The van der Waals surface area contributed by atoms with E-state index >= 15 is 0 Å². The smallest absolute Gasteiger partial charge is 0.321 e. The van der Waals surface area contributed by atoms with Gasteiger partial charge in [-0.05, 0) is 12.1 Å². The Balaban J connectivity index is 1.94. The number of urea groups is 1. The van der Waals surface area contributed by atoms with Gasteiger partial charge in [0.25, 0.3) is 0 Å². The molecule has 0 spiro atoms. The molecule has 1 aliphatic heterocycles. The van der Waals surface area contributed by atoms with Gasteiger partial charge in [-0.2, -0.15) is 4.31 Å². The summed E-state index contributed by atoms with van der Waals surface area (Å²) in [5, 5.41) is 4.65. The highest BCUT2D eigenvalue weighted by atomic mass is 35.5. The third kappa shape index (κ3) is 4.44. The van der Waals surface area contributed by atoms with Crippen molar-refractivity contribution >= 4 is 33.6 Å². The average molecular weight is 375 g/mol. The molecule has 1 aromatic carbocycles. The lowest BCUT2D eigenvalue weighted by Gasteiger charge is -2.33. The minimum Gasteiger partial charge on any atom is -0.341 e. The number of carbonyl (C=O) groups excluding carboxylic acids is 2. The highest BCUT2D eigenvalue weighted by Crippen LogP contribution is 2.24. The standard InChI is InChI=1S/C14H19ClN4O4S/c1-16-14(21)17-13(20)10-18-6-8-19(9-7-18)24(22,23)12-5-3-2-4-11(12)15/h2-5H,6-10H2,1H3,(H2,16,17,20,21). The lowest BCUT2D eigenvalue weighted by atomic mass is 10.3. The van der Waals surface area contributed by atoms with Gasteiger partial charge in [0, 0.05) is 33.2 Å². The van der Waals surface area contributed by atoms with Gasteiger partial charge in [-0.25, -0.2) is 13.2 Å². The van der Waals surface area contributed by atoms with Crippen LogP contribution in [0.1, 0.15) is 0 Å². The Labute approximate surface area is 145 Å². The Hall–Kier alpha value is -1.68. The van der Waals surface area contributed by atoms with Gasteiger partial charge in [-0.3, -0.25) is 15.0 Å².